The van der Waals surface area contributed by atoms with Crippen LogP contribution in [0.1, 0.15) is 24.2 Å². The van der Waals surface area contributed by atoms with Crippen molar-refractivity contribution in [2.75, 3.05) is 7.11 Å². The Kier molecular flexibility index (Phi) is 3.62. The van der Waals surface area contributed by atoms with Crippen molar-refractivity contribution < 1.29 is 14.2 Å². The minimum Gasteiger partial charge on any atom is -0.497 e. The van der Waals surface area contributed by atoms with E-state index < -0.39 is 11.9 Å². The molecule has 0 aliphatic carbocycles. The molecule has 1 N–H and O–H groups in total. The average molecular weight is 250 g/mol. The number of aliphatic hydroxyl groups excluding tert-OH is 1. The van der Waals surface area contributed by atoms with Crippen LogP contribution in [0.25, 0.3) is 0 Å². The van der Waals surface area contributed by atoms with Crippen LogP contribution >= 0.6 is 0 Å². The van der Waals surface area contributed by atoms with Gasteiger partial charge in [-0.15, -0.1) is 0 Å². The smallest absolute Gasteiger partial charge is 0.133 e. The van der Waals surface area contributed by atoms with Crippen molar-refractivity contribution in [1.29, 1.82) is 0 Å². The molecule has 0 spiro atoms. The number of aryl methyl sites for hydroxylation is 1. The maximum Gasteiger partial charge on any atom is 0.133 e. The Morgan fingerprint density at radius 3 is 2.83 bits per heavy atom. The van der Waals surface area contributed by atoms with Crippen LogP contribution in [0.3, 0.4) is 0 Å². The van der Waals surface area contributed by atoms with E-state index in [9.17, 15) is 9.50 Å². The van der Waals surface area contributed by atoms with Crippen molar-refractivity contribution in [3.63, 3.8) is 0 Å². The van der Waals surface area contributed by atoms with Gasteiger partial charge in [0.05, 0.1) is 13.3 Å². The Balaban J connectivity index is 2.30. The Labute approximate surface area is 105 Å². The van der Waals surface area contributed by atoms with Gasteiger partial charge < -0.3 is 9.84 Å². The summed E-state index contributed by atoms with van der Waals surface area (Å²) in [5.74, 6) is -0.0706. The third kappa shape index (κ3) is 2.36. The highest BCUT2D eigenvalue weighted by Gasteiger charge is 2.17. The van der Waals surface area contributed by atoms with Crippen molar-refractivity contribution >= 4 is 0 Å². The summed E-state index contributed by atoms with van der Waals surface area (Å²) in [4.78, 5) is 0. The van der Waals surface area contributed by atoms with E-state index in [0.717, 1.165) is 0 Å². The molecule has 0 aliphatic heterocycles. The van der Waals surface area contributed by atoms with E-state index in [2.05, 4.69) is 5.10 Å². The van der Waals surface area contributed by atoms with Gasteiger partial charge in [0.1, 0.15) is 17.7 Å². The maximum absolute atomic E-state index is 13.8. The standard InChI is InChI=1S/C13H15FN2O2/c1-3-16-8-9(7-15-16)13(17)11-5-4-10(18-2)6-12(11)14/h4-8,13,17H,3H2,1-2H3. The van der Waals surface area contributed by atoms with Crippen LogP contribution in [-0.4, -0.2) is 22.0 Å². The molecule has 0 radical (unpaired) electrons. The zero-order valence-corrected chi connectivity index (χ0v) is 10.3. The van der Waals surface area contributed by atoms with Crippen molar-refractivity contribution in [2.24, 2.45) is 0 Å². The van der Waals surface area contributed by atoms with Gasteiger partial charge >= 0.3 is 0 Å². The third-order valence-electron chi connectivity index (χ3n) is 2.80. The summed E-state index contributed by atoms with van der Waals surface area (Å²) >= 11 is 0. The minimum absolute atomic E-state index is 0.214. The van der Waals surface area contributed by atoms with Gasteiger partial charge in [-0.2, -0.15) is 5.10 Å². The summed E-state index contributed by atoms with van der Waals surface area (Å²) in [6, 6.07) is 4.39. The van der Waals surface area contributed by atoms with Gasteiger partial charge in [0, 0.05) is 29.9 Å². The Morgan fingerprint density at radius 2 is 2.28 bits per heavy atom. The highest BCUT2D eigenvalue weighted by Crippen LogP contribution is 2.26. The van der Waals surface area contributed by atoms with Gasteiger partial charge in [-0.1, -0.05) is 0 Å². The number of benzene rings is 1. The number of hydrogen-bond donors (Lipinski definition) is 1. The second-order valence-corrected chi connectivity index (χ2v) is 3.92. The lowest BCUT2D eigenvalue weighted by atomic mass is 10.0. The summed E-state index contributed by atoms with van der Waals surface area (Å²) in [5.41, 5.74) is 0.785. The first kappa shape index (κ1) is 12.6. The second-order valence-electron chi connectivity index (χ2n) is 3.92. The first-order valence-electron chi connectivity index (χ1n) is 5.69. The summed E-state index contributed by atoms with van der Waals surface area (Å²) < 4.78 is 20.4. The molecule has 1 atom stereocenters. The van der Waals surface area contributed by atoms with E-state index in [-0.39, 0.29) is 5.56 Å². The summed E-state index contributed by atoms with van der Waals surface area (Å²) in [7, 11) is 1.47. The molecule has 18 heavy (non-hydrogen) atoms. The number of rotatable bonds is 4. The van der Waals surface area contributed by atoms with E-state index in [1.165, 1.54) is 25.4 Å². The molecule has 4 nitrogen and oxygen atoms in total. The molecule has 0 saturated carbocycles. The normalized spacial score (nSPS) is 12.4. The fourth-order valence-corrected chi connectivity index (χ4v) is 1.73. The van der Waals surface area contributed by atoms with Crippen LogP contribution in [0.2, 0.25) is 0 Å². The summed E-state index contributed by atoms with van der Waals surface area (Å²) in [6.45, 7) is 2.65. The fourth-order valence-electron chi connectivity index (χ4n) is 1.73. The number of hydrogen-bond acceptors (Lipinski definition) is 3. The molecule has 5 heteroatoms. The van der Waals surface area contributed by atoms with Crippen molar-refractivity contribution in [3.05, 3.63) is 47.5 Å². The molecule has 1 aromatic heterocycles. The highest BCUT2D eigenvalue weighted by molar-refractivity contribution is 5.34. The number of aromatic nitrogens is 2. The van der Waals surface area contributed by atoms with Crippen LogP contribution in [0.5, 0.6) is 5.75 Å². The number of ether oxygens (including phenoxy) is 1. The molecular weight excluding hydrogens is 235 g/mol. The minimum atomic E-state index is -1.02. The van der Waals surface area contributed by atoms with E-state index in [1.54, 1.807) is 16.9 Å². The Morgan fingerprint density at radius 1 is 1.50 bits per heavy atom. The van der Waals surface area contributed by atoms with E-state index >= 15 is 0 Å². The number of methoxy groups -OCH3 is 1. The number of nitrogens with zero attached hydrogens (tertiary/aromatic N) is 2. The number of halogens is 1. The van der Waals surface area contributed by atoms with Gasteiger partial charge in [-0.05, 0) is 19.1 Å². The molecule has 1 aromatic carbocycles. The molecule has 1 heterocycles. The highest BCUT2D eigenvalue weighted by atomic mass is 19.1. The van der Waals surface area contributed by atoms with Crippen LogP contribution in [-0.2, 0) is 6.54 Å². The van der Waals surface area contributed by atoms with Gasteiger partial charge in [0.15, 0.2) is 0 Å². The van der Waals surface area contributed by atoms with Gasteiger partial charge in [-0.3, -0.25) is 4.68 Å². The topological polar surface area (TPSA) is 47.3 Å². The molecular formula is C13H15FN2O2. The largest absolute Gasteiger partial charge is 0.497 e. The molecule has 1 unspecified atom stereocenters. The van der Waals surface area contributed by atoms with Gasteiger partial charge in [0.25, 0.3) is 0 Å². The predicted molar refractivity (Wildman–Crippen MR) is 64.9 cm³/mol. The average Bonchev–Trinajstić information content (AvgIpc) is 2.86. The van der Waals surface area contributed by atoms with E-state index in [4.69, 9.17) is 4.74 Å². The Hall–Kier alpha value is -1.88. The first-order chi connectivity index (χ1) is 8.65. The fraction of sp³-hybridized carbons (Fsp3) is 0.308. The molecule has 0 bridgehead atoms. The molecule has 2 aromatic rings. The second kappa shape index (κ2) is 5.18. The SMILES string of the molecule is CCn1cc(C(O)c2ccc(OC)cc2F)cn1. The quantitative estimate of drug-likeness (QED) is 0.904. The van der Waals surface area contributed by atoms with Crippen LogP contribution in [0.4, 0.5) is 4.39 Å². The maximum atomic E-state index is 13.8. The van der Waals surface area contributed by atoms with Crippen molar-refractivity contribution in [1.82, 2.24) is 9.78 Å². The van der Waals surface area contributed by atoms with E-state index in [0.29, 0.717) is 17.9 Å². The van der Waals surface area contributed by atoms with Crippen LogP contribution in [0.15, 0.2) is 30.6 Å². The molecule has 2 rings (SSSR count). The Bertz CT molecular complexity index is 540. The van der Waals surface area contributed by atoms with Crippen molar-refractivity contribution in [2.45, 2.75) is 19.6 Å². The summed E-state index contributed by atoms with van der Waals surface area (Å²) in [6.07, 6.45) is 2.22. The van der Waals surface area contributed by atoms with Gasteiger partial charge in [-0.25, -0.2) is 4.39 Å². The predicted octanol–water partition coefficient (Wildman–Crippen LogP) is 2.13. The lowest BCUT2D eigenvalue weighted by Gasteiger charge is -2.11. The van der Waals surface area contributed by atoms with Crippen LogP contribution in [0, 0.1) is 5.82 Å². The third-order valence-corrected chi connectivity index (χ3v) is 2.80. The van der Waals surface area contributed by atoms with Crippen LogP contribution < -0.4 is 4.74 Å². The molecule has 96 valence electrons. The lowest BCUT2D eigenvalue weighted by Crippen LogP contribution is -2.02. The number of aliphatic hydroxyl groups is 1. The summed E-state index contributed by atoms with van der Waals surface area (Å²) in [5, 5.41) is 14.2. The van der Waals surface area contributed by atoms with E-state index in [1.807, 2.05) is 6.92 Å². The molecule has 0 saturated heterocycles. The monoisotopic (exact) mass is 250 g/mol. The van der Waals surface area contributed by atoms with Gasteiger partial charge in [0.2, 0.25) is 0 Å². The first-order valence-corrected chi connectivity index (χ1v) is 5.69. The lowest BCUT2D eigenvalue weighted by molar-refractivity contribution is 0.214. The molecule has 0 aliphatic rings. The van der Waals surface area contributed by atoms with Crippen molar-refractivity contribution in [3.8, 4) is 5.75 Å². The molecule has 0 fully saturated rings. The zero-order chi connectivity index (χ0) is 13.1. The molecule has 0 amide bonds. The zero-order valence-electron chi connectivity index (χ0n) is 10.3.